The van der Waals surface area contributed by atoms with E-state index in [2.05, 4.69) is 10.3 Å². The first-order valence-electron chi connectivity index (χ1n) is 9.12. The van der Waals surface area contributed by atoms with Gasteiger partial charge in [-0.15, -0.1) is 0 Å². The van der Waals surface area contributed by atoms with Crippen molar-refractivity contribution in [1.29, 1.82) is 0 Å². The van der Waals surface area contributed by atoms with Crippen LogP contribution >= 0.6 is 0 Å². The normalized spacial score (nSPS) is 17.8. The number of ketones is 2. The molecule has 0 fully saturated rings. The number of benzene rings is 1. The van der Waals surface area contributed by atoms with Gasteiger partial charge >= 0.3 is 0 Å². The molecule has 1 aliphatic heterocycles. The zero-order chi connectivity index (χ0) is 20.4. The monoisotopic (exact) mass is 390 g/mol. The molecule has 146 valence electrons. The van der Waals surface area contributed by atoms with Gasteiger partial charge in [0.15, 0.2) is 17.3 Å². The molecule has 29 heavy (non-hydrogen) atoms. The van der Waals surface area contributed by atoms with Gasteiger partial charge in [0.05, 0.1) is 5.57 Å². The minimum atomic E-state index is -1.13. The SMILES string of the molecule is COC1OC(C(=O)NCCc2ccccn2)=CC2=C1C(=O)c1ccccc1C2=O. The minimum absolute atomic E-state index is 0.0721. The van der Waals surface area contributed by atoms with Crippen LogP contribution in [-0.2, 0) is 20.7 Å². The Morgan fingerprint density at radius 2 is 1.83 bits per heavy atom. The zero-order valence-corrected chi connectivity index (χ0v) is 15.7. The number of fused-ring (bicyclic) bond motifs is 1. The molecular formula is C22H18N2O5. The summed E-state index contributed by atoms with van der Waals surface area (Å²) in [4.78, 5) is 42.5. The average molecular weight is 390 g/mol. The average Bonchev–Trinajstić information content (AvgIpc) is 2.77. The molecule has 1 aromatic carbocycles. The van der Waals surface area contributed by atoms with Crippen LogP contribution in [0.2, 0.25) is 0 Å². The van der Waals surface area contributed by atoms with Crippen molar-refractivity contribution < 1.29 is 23.9 Å². The van der Waals surface area contributed by atoms with Crippen LogP contribution in [0.1, 0.15) is 26.4 Å². The summed E-state index contributed by atoms with van der Waals surface area (Å²) in [6, 6.07) is 12.1. The van der Waals surface area contributed by atoms with Crippen LogP contribution in [0.15, 0.2) is 71.6 Å². The van der Waals surface area contributed by atoms with Gasteiger partial charge in [-0.05, 0) is 18.2 Å². The third-order valence-electron chi connectivity index (χ3n) is 4.77. The molecule has 1 aromatic heterocycles. The molecular weight excluding hydrogens is 372 g/mol. The van der Waals surface area contributed by atoms with Crippen LogP contribution in [0.25, 0.3) is 0 Å². The van der Waals surface area contributed by atoms with Crippen molar-refractivity contribution in [3.63, 3.8) is 0 Å². The highest BCUT2D eigenvalue weighted by molar-refractivity contribution is 6.28. The molecule has 4 rings (SSSR count). The van der Waals surface area contributed by atoms with E-state index in [-0.39, 0.29) is 28.5 Å². The van der Waals surface area contributed by atoms with Gasteiger partial charge in [-0.2, -0.15) is 0 Å². The van der Waals surface area contributed by atoms with E-state index in [9.17, 15) is 14.4 Å². The zero-order valence-electron chi connectivity index (χ0n) is 15.7. The fraction of sp³-hybridized carbons (Fsp3) is 0.182. The summed E-state index contributed by atoms with van der Waals surface area (Å²) in [7, 11) is 1.36. The molecule has 1 N–H and O–H groups in total. The summed E-state index contributed by atoms with van der Waals surface area (Å²) in [6.45, 7) is 0.343. The number of pyridine rings is 1. The highest BCUT2D eigenvalue weighted by Crippen LogP contribution is 2.34. The molecule has 1 atom stereocenters. The number of ether oxygens (including phenoxy) is 2. The Morgan fingerprint density at radius 3 is 2.52 bits per heavy atom. The lowest BCUT2D eigenvalue weighted by Gasteiger charge is -2.29. The Kier molecular flexibility index (Phi) is 5.05. The summed E-state index contributed by atoms with van der Waals surface area (Å²) in [5.41, 5.74) is 1.69. The van der Waals surface area contributed by atoms with Crippen LogP contribution in [0.5, 0.6) is 0 Å². The van der Waals surface area contributed by atoms with Crippen molar-refractivity contribution >= 4 is 17.5 Å². The van der Waals surface area contributed by atoms with E-state index < -0.39 is 12.2 Å². The number of allylic oxidation sites excluding steroid dienone is 2. The van der Waals surface area contributed by atoms with Gasteiger partial charge in [0, 0.05) is 48.7 Å². The van der Waals surface area contributed by atoms with E-state index in [0.717, 1.165) is 5.69 Å². The number of nitrogens with one attached hydrogen (secondary N) is 1. The number of amides is 1. The Morgan fingerprint density at radius 1 is 1.10 bits per heavy atom. The van der Waals surface area contributed by atoms with Crippen molar-refractivity contribution in [2.24, 2.45) is 0 Å². The van der Waals surface area contributed by atoms with Crippen molar-refractivity contribution in [1.82, 2.24) is 10.3 Å². The molecule has 7 nitrogen and oxygen atoms in total. The molecule has 0 bridgehead atoms. The van der Waals surface area contributed by atoms with Crippen LogP contribution in [0.4, 0.5) is 0 Å². The maximum absolute atomic E-state index is 12.9. The maximum atomic E-state index is 12.9. The van der Waals surface area contributed by atoms with Crippen LogP contribution in [0, 0.1) is 0 Å². The second kappa shape index (κ2) is 7.81. The van der Waals surface area contributed by atoms with Crippen molar-refractivity contribution in [2.45, 2.75) is 12.7 Å². The molecule has 1 amide bonds. The van der Waals surface area contributed by atoms with E-state index in [1.165, 1.54) is 13.2 Å². The van der Waals surface area contributed by atoms with Gasteiger partial charge in [0.1, 0.15) is 0 Å². The van der Waals surface area contributed by atoms with Crippen LogP contribution < -0.4 is 5.32 Å². The number of methoxy groups -OCH3 is 1. The number of carbonyl (C=O) groups is 3. The number of Topliss-reactive ketones (excluding diaryl/α,β-unsaturated/α-hetero) is 2. The van der Waals surface area contributed by atoms with E-state index in [4.69, 9.17) is 9.47 Å². The third kappa shape index (κ3) is 3.48. The highest BCUT2D eigenvalue weighted by Gasteiger charge is 2.40. The fourth-order valence-electron chi connectivity index (χ4n) is 3.35. The molecule has 1 unspecified atom stereocenters. The summed E-state index contributed by atoms with van der Waals surface area (Å²) >= 11 is 0. The quantitative estimate of drug-likeness (QED) is 0.839. The summed E-state index contributed by atoms with van der Waals surface area (Å²) in [5, 5.41) is 2.74. The molecule has 2 aromatic rings. The van der Waals surface area contributed by atoms with E-state index >= 15 is 0 Å². The smallest absolute Gasteiger partial charge is 0.286 e. The van der Waals surface area contributed by atoms with Crippen molar-refractivity contribution in [3.8, 4) is 0 Å². The van der Waals surface area contributed by atoms with Gasteiger partial charge < -0.3 is 14.8 Å². The molecule has 0 saturated carbocycles. The Labute approximate surface area is 167 Å². The molecule has 2 aliphatic rings. The molecule has 0 spiro atoms. The number of nitrogens with zero attached hydrogens (tertiary/aromatic N) is 1. The lowest BCUT2D eigenvalue weighted by molar-refractivity contribution is -0.128. The van der Waals surface area contributed by atoms with Gasteiger partial charge in [0.2, 0.25) is 6.29 Å². The van der Waals surface area contributed by atoms with Gasteiger partial charge in [-0.3, -0.25) is 19.4 Å². The fourth-order valence-corrected chi connectivity index (χ4v) is 3.35. The van der Waals surface area contributed by atoms with Crippen LogP contribution in [0.3, 0.4) is 0 Å². The second-order valence-electron chi connectivity index (χ2n) is 6.55. The predicted molar refractivity (Wildman–Crippen MR) is 103 cm³/mol. The van der Waals surface area contributed by atoms with E-state index in [1.807, 2.05) is 18.2 Å². The molecule has 2 heterocycles. The number of hydrogen-bond acceptors (Lipinski definition) is 6. The molecule has 7 heteroatoms. The Hall–Kier alpha value is -3.58. The molecule has 0 radical (unpaired) electrons. The number of hydrogen-bond donors (Lipinski definition) is 1. The number of carbonyl (C=O) groups excluding carboxylic acids is 3. The topological polar surface area (TPSA) is 94.6 Å². The summed E-state index contributed by atoms with van der Waals surface area (Å²) in [6.07, 6.45) is 2.42. The van der Waals surface area contributed by atoms with Crippen molar-refractivity contribution in [3.05, 3.63) is 88.5 Å². The first-order valence-corrected chi connectivity index (χ1v) is 9.12. The van der Waals surface area contributed by atoms with Crippen LogP contribution in [-0.4, -0.2) is 42.4 Å². The van der Waals surface area contributed by atoms with Gasteiger partial charge in [-0.25, -0.2) is 0 Å². The first-order chi connectivity index (χ1) is 14.1. The summed E-state index contributed by atoms with van der Waals surface area (Å²) < 4.78 is 10.8. The maximum Gasteiger partial charge on any atom is 0.286 e. The number of rotatable bonds is 5. The standard InChI is InChI=1S/C22H18N2O5/c1-28-22-18-16(19(25)14-7-2-3-8-15(14)20(18)26)12-17(29-22)21(27)24-11-9-13-6-4-5-10-23-13/h2-8,10,12,22H,9,11H2,1H3,(H,24,27). The minimum Gasteiger partial charge on any atom is -0.455 e. The Balaban J connectivity index is 1.57. The highest BCUT2D eigenvalue weighted by atomic mass is 16.7. The van der Waals surface area contributed by atoms with Crippen molar-refractivity contribution in [2.75, 3.05) is 13.7 Å². The van der Waals surface area contributed by atoms with E-state index in [1.54, 1.807) is 30.5 Å². The largest absolute Gasteiger partial charge is 0.455 e. The molecule has 0 saturated heterocycles. The van der Waals surface area contributed by atoms with Gasteiger partial charge in [0.25, 0.3) is 5.91 Å². The molecule has 1 aliphatic carbocycles. The van der Waals surface area contributed by atoms with E-state index in [0.29, 0.717) is 24.1 Å². The van der Waals surface area contributed by atoms with Gasteiger partial charge in [-0.1, -0.05) is 30.3 Å². The predicted octanol–water partition coefficient (Wildman–Crippen LogP) is 2.00. The third-order valence-corrected chi connectivity index (χ3v) is 4.77. The Bertz CT molecular complexity index is 1060. The first kappa shape index (κ1) is 18.8. The second-order valence-corrected chi connectivity index (χ2v) is 6.55. The summed E-state index contributed by atoms with van der Waals surface area (Å²) in [5.74, 6) is -1.24. The lowest BCUT2D eigenvalue weighted by Crippen LogP contribution is -2.37. The lowest BCUT2D eigenvalue weighted by atomic mass is 9.82. The number of aromatic nitrogens is 1.